The van der Waals surface area contributed by atoms with Crippen molar-refractivity contribution < 1.29 is 4.74 Å². The number of hydrogen-bond acceptors (Lipinski definition) is 4. The minimum absolute atomic E-state index is 0.825. The van der Waals surface area contributed by atoms with Crippen LogP contribution in [0.15, 0.2) is 18.3 Å². The minimum Gasteiger partial charge on any atom is -0.378 e. The Morgan fingerprint density at radius 1 is 1.41 bits per heavy atom. The summed E-state index contributed by atoms with van der Waals surface area (Å²) in [7, 11) is 0. The summed E-state index contributed by atoms with van der Waals surface area (Å²) in [6.45, 7) is 7.68. The maximum atomic E-state index is 5.36. The number of hydrogen-bond donors (Lipinski definition) is 1. The molecule has 17 heavy (non-hydrogen) atoms. The van der Waals surface area contributed by atoms with Gasteiger partial charge < -0.3 is 15.0 Å². The third kappa shape index (κ3) is 3.68. The van der Waals surface area contributed by atoms with Crippen molar-refractivity contribution in [1.29, 1.82) is 0 Å². The number of nitrogens with zero attached hydrogens (tertiary/aromatic N) is 2. The molecule has 0 aliphatic carbocycles. The average Bonchev–Trinajstić information content (AvgIpc) is 2.41. The van der Waals surface area contributed by atoms with Crippen LogP contribution in [0.5, 0.6) is 0 Å². The summed E-state index contributed by atoms with van der Waals surface area (Å²) in [5, 5.41) is 3.38. The summed E-state index contributed by atoms with van der Waals surface area (Å²) < 4.78 is 5.36. The highest BCUT2D eigenvalue weighted by Gasteiger charge is 2.11. The molecule has 0 saturated carbocycles. The van der Waals surface area contributed by atoms with Crippen molar-refractivity contribution in [3.05, 3.63) is 24.0 Å². The summed E-state index contributed by atoms with van der Waals surface area (Å²) in [5.74, 6) is 0. The Balaban J connectivity index is 1.95. The lowest BCUT2D eigenvalue weighted by atomic mass is 10.2. The fourth-order valence-corrected chi connectivity index (χ4v) is 1.97. The van der Waals surface area contributed by atoms with Gasteiger partial charge in [0.1, 0.15) is 0 Å². The van der Waals surface area contributed by atoms with Crippen LogP contribution in [0, 0.1) is 0 Å². The largest absolute Gasteiger partial charge is 0.378 e. The summed E-state index contributed by atoms with van der Waals surface area (Å²) in [6.07, 6.45) is 3.05. The van der Waals surface area contributed by atoms with Gasteiger partial charge in [0.25, 0.3) is 0 Å². The molecule has 2 rings (SSSR count). The number of nitrogens with one attached hydrogen (secondary N) is 1. The zero-order valence-electron chi connectivity index (χ0n) is 10.5. The van der Waals surface area contributed by atoms with Crippen LogP contribution >= 0.6 is 0 Å². The summed E-state index contributed by atoms with van der Waals surface area (Å²) >= 11 is 0. The molecule has 94 valence electrons. The topological polar surface area (TPSA) is 37.4 Å². The lowest BCUT2D eigenvalue weighted by Gasteiger charge is -2.29. The van der Waals surface area contributed by atoms with Crippen molar-refractivity contribution in [2.45, 2.75) is 19.9 Å². The maximum Gasteiger partial charge on any atom is 0.0642 e. The molecule has 1 aromatic rings. The van der Waals surface area contributed by atoms with Crippen LogP contribution in [0.3, 0.4) is 0 Å². The van der Waals surface area contributed by atoms with Crippen molar-refractivity contribution in [2.75, 3.05) is 37.7 Å². The predicted molar refractivity (Wildman–Crippen MR) is 69.3 cm³/mol. The quantitative estimate of drug-likeness (QED) is 0.783. The Hall–Kier alpha value is -1.13. The Kier molecular flexibility index (Phi) is 4.76. The number of anilines is 1. The highest BCUT2D eigenvalue weighted by Crippen LogP contribution is 2.15. The summed E-state index contributed by atoms with van der Waals surface area (Å²) in [4.78, 5) is 6.74. The van der Waals surface area contributed by atoms with E-state index in [9.17, 15) is 0 Å². The van der Waals surface area contributed by atoms with Crippen LogP contribution in [0.2, 0.25) is 0 Å². The van der Waals surface area contributed by atoms with Crippen molar-refractivity contribution in [3.63, 3.8) is 0 Å². The van der Waals surface area contributed by atoms with Crippen LogP contribution in [0.4, 0.5) is 5.69 Å². The van der Waals surface area contributed by atoms with Gasteiger partial charge in [-0.1, -0.05) is 6.92 Å². The van der Waals surface area contributed by atoms with E-state index < -0.39 is 0 Å². The standard InChI is InChI=1S/C13H21N3O/c1-2-4-14-11-12-10-13(3-5-15-12)16-6-8-17-9-7-16/h3,5,10,14H,2,4,6-9,11H2,1H3. The highest BCUT2D eigenvalue weighted by molar-refractivity contribution is 5.46. The number of morpholine rings is 1. The van der Waals surface area contributed by atoms with Crippen LogP contribution in [0.25, 0.3) is 0 Å². The van der Waals surface area contributed by atoms with Gasteiger partial charge in [-0.05, 0) is 25.1 Å². The first kappa shape index (κ1) is 12.3. The van der Waals surface area contributed by atoms with Crippen LogP contribution in [-0.4, -0.2) is 37.8 Å². The SMILES string of the molecule is CCCNCc1cc(N2CCOCC2)ccn1. The third-order valence-corrected chi connectivity index (χ3v) is 2.91. The predicted octanol–water partition coefficient (Wildman–Crippen LogP) is 1.42. The minimum atomic E-state index is 0.825. The first-order valence-electron chi connectivity index (χ1n) is 6.38. The molecule has 4 heteroatoms. The van der Waals surface area contributed by atoms with E-state index in [-0.39, 0.29) is 0 Å². The Morgan fingerprint density at radius 3 is 3.00 bits per heavy atom. The molecule has 1 aliphatic heterocycles. The monoisotopic (exact) mass is 235 g/mol. The van der Waals surface area contributed by atoms with E-state index in [2.05, 4.69) is 34.3 Å². The second-order valence-corrected chi connectivity index (χ2v) is 4.28. The molecule has 1 aliphatic rings. The molecular weight excluding hydrogens is 214 g/mol. The normalized spacial score (nSPS) is 16.2. The van der Waals surface area contributed by atoms with E-state index in [4.69, 9.17) is 4.74 Å². The smallest absolute Gasteiger partial charge is 0.0642 e. The second kappa shape index (κ2) is 6.57. The molecule has 1 aromatic heterocycles. The fourth-order valence-electron chi connectivity index (χ4n) is 1.97. The number of ether oxygens (including phenoxy) is 1. The van der Waals surface area contributed by atoms with Gasteiger partial charge in [-0.15, -0.1) is 0 Å². The van der Waals surface area contributed by atoms with E-state index >= 15 is 0 Å². The molecule has 1 saturated heterocycles. The number of rotatable bonds is 5. The third-order valence-electron chi connectivity index (χ3n) is 2.91. The fraction of sp³-hybridized carbons (Fsp3) is 0.615. The zero-order chi connectivity index (χ0) is 11.9. The highest BCUT2D eigenvalue weighted by atomic mass is 16.5. The van der Waals surface area contributed by atoms with E-state index in [1.807, 2.05) is 6.20 Å². The molecule has 4 nitrogen and oxygen atoms in total. The van der Waals surface area contributed by atoms with Crippen LogP contribution in [0.1, 0.15) is 19.0 Å². The summed E-state index contributed by atoms with van der Waals surface area (Å²) in [5.41, 5.74) is 2.37. The van der Waals surface area contributed by atoms with Gasteiger partial charge in [-0.25, -0.2) is 0 Å². The van der Waals surface area contributed by atoms with Crippen molar-refractivity contribution in [2.24, 2.45) is 0 Å². The van der Waals surface area contributed by atoms with Gasteiger partial charge in [0.15, 0.2) is 0 Å². The number of aromatic nitrogens is 1. The molecule has 0 spiro atoms. The van der Waals surface area contributed by atoms with E-state index in [0.717, 1.165) is 51.5 Å². The lowest BCUT2D eigenvalue weighted by Crippen LogP contribution is -2.36. The molecule has 0 amide bonds. The van der Waals surface area contributed by atoms with Gasteiger partial charge in [-0.2, -0.15) is 0 Å². The Bertz CT molecular complexity index is 337. The van der Waals surface area contributed by atoms with Crippen LogP contribution < -0.4 is 10.2 Å². The molecule has 2 heterocycles. The maximum absolute atomic E-state index is 5.36. The molecule has 1 fully saturated rings. The lowest BCUT2D eigenvalue weighted by molar-refractivity contribution is 0.122. The van der Waals surface area contributed by atoms with Crippen molar-refractivity contribution in [1.82, 2.24) is 10.3 Å². The summed E-state index contributed by atoms with van der Waals surface area (Å²) in [6, 6.07) is 4.25. The van der Waals surface area contributed by atoms with E-state index in [1.165, 1.54) is 5.69 Å². The zero-order valence-corrected chi connectivity index (χ0v) is 10.5. The first-order valence-corrected chi connectivity index (χ1v) is 6.38. The molecule has 1 N–H and O–H groups in total. The van der Waals surface area contributed by atoms with Crippen molar-refractivity contribution >= 4 is 5.69 Å². The molecule has 0 radical (unpaired) electrons. The Labute approximate surface area is 103 Å². The first-order chi connectivity index (χ1) is 8.40. The van der Waals surface area contributed by atoms with Crippen LogP contribution in [-0.2, 0) is 11.3 Å². The van der Waals surface area contributed by atoms with E-state index in [0.29, 0.717) is 0 Å². The molecule has 0 aromatic carbocycles. The van der Waals surface area contributed by atoms with Gasteiger partial charge in [0, 0.05) is 31.5 Å². The molecule has 0 atom stereocenters. The Morgan fingerprint density at radius 2 is 2.24 bits per heavy atom. The second-order valence-electron chi connectivity index (χ2n) is 4.28. The van der Waals surface area contributed by atoms with Gasteiger partial charge in [0.05, 0.1) is 18.9 Å². The van der Waals surface area contributed by atoms with Gasteiger partial charge >= 0.3 is 0 Å². The van der Waals surface area contributed by atoms with Crippen molar-refractivity contribution in [3.8, 4) is 0 Å². The molecular formula is C13H21N3O. The molecule has 0 unspecified atom stereocenters. The van der Waals surface area contributed by atoms with Gasteiger partial charge in [0.2, 0.25) is 0 Å². The number of pyridine rings is 1. The average molecular weight is 235 g/mol. The van der Waals surface area contributed by atoms with Gasteiger partial charge in [-0.3, -0.25) is 4.98 Å². The molecule has 0 bridgehead atoms. The van der Waals surface area contributed by atoms with E-state index in [1.54, 1.807) is 0 Å².